The van der Waals surface area contributed by atoms with Crippen LogP contribution in [0.3, 0.4) is 0 Å². The van der Waals surface area contributed by atoms with Crippen molar-refractivity contribution in [1.29, 1.82) is 0 Å². The van der Waals surface area contributed by atoms with E-state index in [1.54, 1.807) is 6.92 Å². The fourth-order valence-corrected chi connectivity index (χ4v) is 4.05. The van der Waals surface area contributed by atoms with Crippen LogP contribution in [0, 0.1) is 17.8 Å². The Morgan fingerprint density at radius 3 is 2.23 bits per heavy atom. The Kier molecular flexibility index (Phi) is 14.5. The van der Waals surface area contributed by atoms with E-state index in [2.05, 4.69) is 5.32 Å². The second kappa shape index (κ2) is 16.5. The number of ketones is 1. The van der Waals surface area contributed by atoms with Gasteiger partial charge in [-0.1, -0.05) is 34.1 Å². The molecule has 1 aliphatic heterocycles. The maximum absolute atomic E-state index is 12.8. The van der Waals surface area contributed by atoms with Crippen molar-refractivity contribution in [2.24, 2.45) is 23.5 Å². The SMILES string of the molecule is CC(C)CCCC(=O)OCC1OC(O)C(C)C(O[C@H](C)C(=O)C[C@@H](C)C(=O)N[C@@H](CCC(=O)O)C(N)=O)[C@@H]1O. The number of hydrogen-bond donors (Lipinski definition) is 5. The number of aliphatic hydroxyl groups is 2. The summed E-state index contributed by atoms with van der Waals surface area (Å²) in [5.41, 5.74) is 5.23. The smallest absolute Gasteiger partial charge is 0.305 e. The van der Waals surface area contributed by atoms with Gasteiger partial charge in [0.05, 0.1) is 6.10 Å². The molecule has 0 spiro atoms. The second-order valence-electron chi connectivity index (χ2n) is 10.6. The Bertz CT molecular complexity index is 850. The number of nitrogens with two attached hydrogens (primary N) is 1. The average Bonchev–Trinajstić information content (AvgIpc) is 2.84. The Morgan fingerprint density at radius 2 is 1.67 bits per heavy atom. The molecule has 0 aromatic heterocycles. The summed E-state index contributed by atoms with van der Waals surface area (Å²) in [4.78, 5) is 59.6. The van der Waals surface area contributed by atoms with Gasteiger partial charge < -0.3 is 40.6 Å². The first kappa shape index (κ1) is 34.4. The first-order chi connectivity index (χ1) is 18.1. The highest BCUT2D eigenvalue weighted by Gasteiger charge is 2.45. The Morgan fingerprint density at radius 1 is 1.03 bits per heavy atom. The van der Waals surface area contributed by atoms with E-state index in [0.29, 0.717) is 12.3 Å². The van der Waals surface area contributed by atoms with E-state index >= 15 is 0 Å². The number of Topliss-reactive ketones (excluding diaryl/α,β-unsaturated/α-hetero) is 1. The van der Waals surface area contributed by atoms with Gasteiger partial charge in [-0.15, -0.1) is 0 Å². The summed E-state index contributed by atoms with van der Waals surface area (Å²) in [7, 11) is 0. The molecular formula is C26H44N2O11. The van der Waals surface area contributed by atoms with Gasteiger partial charge in [0.2, 0.25) is 11.8 Å². The van der Waals surface area contributed by atoms with Gasteiger partial charge in [-0.25, -0.2) is 0 Å². The highest BCUT2D eigenvalue weighted by atomic mass is 16.6. The standard InChI is InChI=1S/C26H44N2O11/c1-13(2)7-6-8-21(32)37-12-19-22(33)23(15(4)26(36)39-19)38-16(5)18(29)11-14(3)25(35)28-17(24(27)34)9-10-20(30)31/h13-17,19,22-23,26,33,36H,6-12H2,1-5H3,(H2,27,34)(H,28,35)(H,30,31)/t14-,15?,16-,17+,19?,22-,23?,26?/m1/s1. The lowest BCUT2D eigenvalue weighted by molar-refractivity contribution is -0.279. The number of aliphatic carboxylic acids is 1. The molecule has 0 saturated carbocycles. The van der Waals surface area contributed by atoms with Crippen molar-refractivity contribution in [1.82, 2.24) is 5.32 Å². The number of primary amides is 1. The first-order valence-electron chi connectivity index (χ1n) is 13.3. The van der Waals surface area contributed by atoms with Gasteiger partial charge in [0, 0.05) is 31.1 Å². The van der Waals surface area contributed by atoms with Crippen LogP contribution in [0.4, 0.5) is 0 Å². The number of nitrogens with one attached hydrogen (secondary N) is 1. The third-order valence-corrected chi connectivity index (χ3v) is 6.65. The average molecular weight is 561 g/mol. The van der Waals surface area contributed by atoms with Crippen LogP contribution in [0.25, 0.3) is 0 Å². The number of carbonyl (C=O) groups excluding carboxylic acids is 4. The molecule has 1 rings (SSSR count). The van der Waals surface area contributed by atoms with Gasteiger partial charge in [-0.2, -0.15) is 0 Å². The van der Waals surface area contributed by atoms with Crippen LogP contribution in [-0.4, -0.2) is 88.2 Å². The molecule has 0 aromatic carbocycles. The molecule has 4 unspecified atom stereocenters. The van der Waals surface area contributed by atoms with Crippen LogP contribution >= 0.6 is 0 Å². The summed E-state index contributed by atoms with van der Waals surface area (Å²) in [5.74, 6) is -4.79. The molecule has 1 saturated heterocycles. The van der Waals surface area contributed by atoms with Crippen molar-refractivity contribution in [2.75, 3.05) is 6.61 Å². The van der Waals surface area contributed by atoms with Crippen molar-refractivity contribution in [3.8, 4) is 0 Å². The van der Waals surface area contributed by atoms with E-state index in [0.717, 1.165) is 6.42 Å². The second-order valence-corrected chi connectivity index (χ2v) is 10.6. The fourth-order valence-electron chi connectivity index (χ4n) is 4.05. The first-order valence-corrected chi connectivity index (χ1v) is 13.3. The van der Waals surface area contributed by atoms with Crippen molar-refractivity contribution >= 4 is 29.5 Å². The third-order valence-electron chi connectivity index (χ3n) is 6.65. The number of ether oxygens (including phenoxy) is 3. The van der Waals surface area contributed by atoms with Crippen molar-refractivity contribution in [3.05, 3.63) is 0 Å². The summed E-state index contributed by atoms with van der Waals surface area (Å²) >= 11 is 0. The number of carbonyl (C=O) groups is 5. The highest BCUT2D eigenvalue weighted by molar-refractivity contribution is 5.91. The largest absolute Gasteiger partial charge is 0.481 e. The third kappa shape index (κ3) is 12.0. The fraction of sp³-hybridized carbons (Fsp3) is 0.808. The molecule has 0 aliphatic carbocycles. The summed E-state index contributed by atoms with van der Waals surface area (Å²) in [6.45, 7) is 8.26. The lowest BCUT2D eigenvalue weighted by Gasteiger charge is -2.42. The lowest BCUT2D eigenvalue weighted by atomic mass is 9.91. The molecule has 8 atom stereocenters. The molecule has 0 aromatic rings. The number of rotatable bonds is 17. The van der Waals surface area contributed by atoms with Crippen molar-refractivity contribution in [3.63, 3.8) is 0 Å². The monoisotopic (exact) mass is 560 g/mol. The molecule has 224 valence electrons. The molecule has 2 amide bonds. The van der Waals surface area contributed by atoms with Crippen LogP contribution in [0.2, 0.25) is 0 Å². The molecular weight excluding hydrogens is 516 g/mol. The van der Waals surface area contributed by atoms with E-state index in [-0.39, 0.29) is 32.3 Å². The Hall–Kier alpha value is -2.61. The van der Waals surface area contributed by atoms with Crippen LogP contribution < -0.4 is 11.1 Å². The molecule has 13 nitrogen and oxygen atoms in total. The molecule has 1 heterocycles. The molecule has 39 heavy (non-hydrogen) atoms. The van der Waals surface area contributed by atoms with Gasteiger partial charge in [0.1, 0.15) is 31.0 Å². The number of hydrogen-bond acceptors (Lipinski definition) is 10. The summed E-state index contributed by atoms with van der Waals surface area (Å²) < 4.78 is 16.4. The minimum Gasteiger partial charge on any atom is -0.481 e. The zero-order valence-electron chi connectivity index (χ0n) is 23.3. The lowest BCUT2D eigenvalue weighted by Crippen LogP contribution is -2.57. The van der Waals surface area contributed by atoms with Crippen molar-refractivity contribution in [2.45, 2.75) is 110 Å². The van der Waals surface area contributed by atoms with Crippen LogP contribution in [0.1, 0.15) is 73.1 Å². The predicted molar refractivity (Wildman–Crippen MR) is 137 cm³/mol. The highest BCUT2D eigenvalue weighted by Crippen LogP contribution is 2.29. The predicted octanol–water partition coefficient (Wildman–Crippen LogP) is 0.274. The number of aliphatic hydroxyl groups excluding tert-OH is 2. The normalized spacial score (nSPS) is 25.4. The molecule has 0 radical (unpaired) electrons. The van der Waals surface area contributed by atoms with Gasteiger partial charge in [-0.3, -0.25) is 24.0 Å². The quantitative estimate of drug-likeness (QED) is 0.152. The number of carboxylic acids is 1. The zero-order chi connectivity index (χ0) is 29.9. The summed E-state index contributed by atoms with van der Waals surface area (Å²) in [6, 6.07) is -1.19. The molecule has 0 bridgehead atoms. The van der Waals surface area contributed by atoms with E-state index in [1.807, 2.05) is 13.8 Å². The van der Waals surface area contributed by atoms with Crippen molar-refractivity contribution < 1.29 is 53.5 Å². The van der Waals surface area contributed by atoms with Gasteiger partial charge >= 0.3 is 11.9 Å². The Balaban J connectivity index is 2.68. The molecule has 6 N–H and O–H groups in total. The van der Waals surface area contributed by atoms with Gasteiger partial charge in [0.15, 0.2) is 12.1 Å². The maximum Gasteiger partial charge on any atom is 0.305 e. The number of amides is 2. The minimum absolute atomic E-state index is 0.188. The number of esters is 1. The van der Waals surface area contributed by atoms with Gasteiger partial charge in [-0.05, 0) is 25.7 Å². The van der Waals surface area contributed by atoms with E-state index in [1.165, 1.54) is 13.8 Å². The van der Waals surface area contributed by atoms with E-state index < -0.39 is 78.1 Å². The summed E-state index contributed by atoms with van der Waals surface area (Å²) in [6.07, 6.45) is -4.91. The summed E-state index contributed by atoms with van der Waals surface area (Å²) in [5, 5.41) is 32.3. The van der Waals surface area contributed by atoms with E-state index in [4.69, 9.17) is 25.1 Å². The molecule has 13 heteroatoms. The molecule has 1 aliphatic rings. The number of carboxylic acid groups (broad SMARTS) is 1. The van der Waals surface area contributed by atoms with Gasteiger partial charge in [0.25, 0.3) is 0 Å². The zero-order valence-corrected chi connectivity index (χ0v) is 23.3. The Labute approximate surface area is 228 Å². The van der Waals surface area contributed by atoms with Crippen LogP contribution in [-0.2, 0) is 38.2 Å². The van der Waals surface area contributed by atoms with Crippen LogP contribution in [0.15, 0.2) is 0 Å². The maximum atomic E-state index is 12.8. The minimum atomic E-state index is -1.34. The topological polar surface area (TPSA) is 212 Å². The molecule has 1 fully saturated rings. The van der Waals surface area contributed by atoms with E-state index in [9.17, 15) is 34.2 Å². The van der Waals surface area contributed by atoms with Crippen LogP contribution in [0.5, 0.6) is 0 Å².